The molecule has 4 aliphatic carbocycles. The molecule has 8 unspecified atom stereocenters. The molecule has 0 N–H and O–H groups in total. The van der Waals surface area contributed by atoms with Crippen molar-refractivity contribution in [2.24, 2.45) is 64.1 Å². The molecule has 1 heteroatoms. The topological polar surface area (TPSA) is 0 Å². The summed E-state index contributed by atoms with van der Waals surface area (Å²) in [5.41, 5.74) is 5.41. The monoisotopic (exact) mass is 837 g/mol. The van der Waals surface area contributed by atoms with Gasteiger partial charge in [0.2, 0.25) is 0 Å². The molecule has 0 amide bonds. The number of allylic oxidation sites excluding steroid dienone is 1. The molecule has 0 aromatic heterocycles. The van der Waals surface area contributed by atoms with Crippen molar-refractivity contribution in [2.75, 3.05) is 0 Å². The van der Waals surface area contributed by atoms with Crippen LogP contribution < -0.4 is 15.6 Å². The molecule has 0 aliphatic heterocycles. The van der Waals surface area contributed by atoms with E-state index in [-0.39, 0.29) is 5.41 Å². The highest BCUT2D eigenvalue weighted by atomic mass is 28.3. The molecule has 324 valence electrons. The zero-order valence-electron chi connectivity index (χ0n) is 39.1. The Bertz CT molecular complexity index is 2040. The van der Waals surface area contributed by atoms with Crippen molar-refractivity contribution in [3.63, 3.8) is 0 Å². The third kappa shape index (κ3) is 7.97. The normalized spacial score (nSPS) is 27.9. The van der Waals surface area contributed by atoms with Gasteiger partial charge >= 0.3 is 0 Å². The molecular weight excluding hydrogens is 761 g/mol. The fraction of sp³-hybridized carbons (Fsp3) is 0.475. The second kappa shape index (κ2) is 17.6. The van der Waals surface area contributed by atoms with E-state index in [9.17, 15) is 0 Å². The van der Waals surface area contributed by atoms with Gasteiger partial charge < -0.3 is 0 Å². The molecule has 0 nitrogen and oxygen atoms in total. The van der Waals surface area contributed by atoms with Crippen molar-refractivity contribution in [2.45, 2.75) is 117 Å². The first-order valence-corrected chi connectivity index (χ1v) is 27.1. The Morgan fingerprint density at radius 1 is 0.452 bits per heavy atom. The highest BCUT2D eigenvalue weighted by molar-refractivity contribution is 7.11. The zero-order valence-corrected chi connectivity index (χ0v) is 40.1. The van der Waals surface area contributed by atoms with Crippen LogP contribution in [0, 0.1) is 64.1 Å². The first-order chi connectivity index (χ1) is 29.9. The van der Waals surface area contributed by atoms with Crippen molar-refractivity contribution in [3.8, 4) is 0 Å². The summed E-state index contributed by atoms with van der Waals surface area (Å²) in [5, 5.41) is 4.47. The van der Waals surface area contributed by atoms with E-state index >= 15 is 0 Å². The fourth-order valence-corrected chi connectivity index (χ4v) is 19.9. The lowest BCUT2D eigenvalue weighted by atomic mass is 9.51. The van der Waals surface area contributed by atoms with E-state index in [0.717, 1.165) is 48.0 Å². The molecule has 8 atom stereocenters. The molecule has 62 heavy (non-hydrogen) atoms. The van der Waals surface area contributed by atoms with Gasteiger partial charge in [0.15, 0.2) is 8.07 Å². The number of hydrogen-bond donors (Lipinski definition) is 0. The predicted molar refractivity (Wildman–Crippen MR) is 268 cm³/mol. The van der Waals surface area contributed by atoms with Crippen LogP contribution in [-0.2, 0) is 5.41 Å². The fourth-order valence-electron chi connectivity index (χ4n) is 15.1. The van der Waals surface area contributed by atoms with Crippen LogP contribution >= 0.6 is 0 Å². The van der Waals surface area contributed by atoms with E-state index in [1.165, 1.54) is 78.9 Å². The van der Waals surface area contributed by atoms with Crippen LogP contribution in [-0.4, -0.2) is 8.07 Å². The second-order valence-electron chi connectivity index (χ2n) is 23.0. The van der Waals surface area contributed by atoms with Crippen LogP contribution in [0.1, 0.15) is 117 Å². The molecule has 0 heterocycles. The summed E-state index contributed by atoms with van der Waals surface area (Å²) < 4.78 is 0. The van der Waals surface area contributed by atoms with Crippen molar-refractivity contribution in [3.05, 3.63) is 175 Å². The van der Waals surface area contributed by atoms with Crippen LogP contribution in [0.25, 0.3) is 0 Å². The largest absolute Gasteiger partial charge is 0.152 e. The Kier molecular flexibility index (Phi) is 12.3. The summed E-state index contributed by atoms with van der Waals surface area (Å²) in [5.74, 6) is 6.81. The predicted octanol–water partition coefficient (Wildman–Crippen LogP) is 14.3. The molecule has 0 saturated heterocycles. The van der Waals surface area contributed by atoms with E-state index in [4.69, 9.17) is 6.58 Å². The number of rotatable bonds is 11. The standard InChI is InChI=1S/C61H76Si/c1-44(43-62(51-27-17-10-18-28-51,52-29-19-11-20-30-52)53-31-21-12-22-32-53)39-45-33-34-50(40-45)61(46-23-13-8-14-24-46,47-25-15-9-16-26-47)58-54-37-35-48(59(2,3)4)41-56(54)57-42-49(60(5,6)7)36-38-55(57)58/h8-32,45,48-50,54-58H,1,33-43H2,2-7H3. The van der Waals surface area contributed by atoms with E-state index in [2.05, 4.69) is 193 Å². The van der Waals surface area contributed by atoms with Crippen molar-refractivity contribution in [1.82, 2.24) is 0 Å². The maximum atomic E-state index is 5.06. The maximum absolute atomic E-state index is 5.06. The maximum Gasteiger partial charge on any atom is 0.152 e. The lowest BCUT2D eigenvalue weighted by molar-refractivity contribution is 0.0542. The summed E-state index contributed by atoms with van der Waals surface area (Å²) in [4.78, 5) is 0. The molecule has 9 rings (SSSR count). The molecule has 0 radical (unpaired) electrons. The van der Waals surface area contributed by atoms with E-state index in [0.29, 0.717) is 28.6 Å². The molecule has 4 aliphatic rings. The Hall–Kier alpha value is -3.94. The van der Waals surface area contributed by atoms with Crippen molar-refractivity contribution in [1.29, 1.82) is 0 Å². The Morgan fingerprint density at radius 2 is 0.823 bits per heavy atom. The average molecular weight is 837 g/mol. The van der Waals surface area contributed by atoms with Gasteiger partial charge in [-0.3, -0.25) is 0 Å². The van der Waals surface area contributed by atoms with Crippen LogP contribution in [0.5, 0.6) is 0 Å². The molecule has 5 aromatic rings. The van der Waals surface area contributed by atoms with Crippen molar-refractivity contribution >= 4 is 23.6 Å². The molecule has 4 fully saturated rings. The van der Waals surface area contributed by atoms with E-state index < -0.39 is 8.07 Å². The lowest BCUT2D eigenvalue weighted by Crippen LogP contribution is -2.67. The second-order valence-corrected chi connectivity index (χ2v) is 26.9. The zero-order chi connectivity index (χ0) is 43.1. The lowest BCUT2D eigenvalue weighted by Gasteiger charge is -2.52. The minimum absolute atomic E-state index is 0.000693. The van der Waals surface area contributed by atoms with Gasteiger partial charge in [-0.15, -0.1) is 6.58 Å². The number of benzene rings is 5. The summed E-state index contributed by atoms with van der Waals surface area (Å²) in [7, 11) is -2.42. The van der Waals surface area contributed by atoms with Gasteiger partial charge in [0.05, 0.1) is 0 Å². The number of hydrogen-bond acceptors (Lipinski definition) is 0. The van der Waals surface area contributed by atoms with Gasteiger partial charge in [0.1, 0.15) is 0 Å². The van der Waals surface area contributed by atoms with Crippen LogP contribution in [0.2, 0.25) is 6.04 Å². The van der Waals surface area contributed by atoms with Gasteiger partial charge in [-0.05, 0) is 161 Å². The van der Waals surface area contributed by atoms with Gasteiger partial charge in [-0.25, -0.2) is 0 Å². The average Bonchev–Trinajstić information content (AvgIpc) is 3.89. The SMILES string of the molecule is C=C(CC1CCC(C(c2ccccc2)(c2ccccc2)C2C3CCC(C(C)(C)C)CC3C3CC(C(C)(C)C)CCC32)C1)C[Si](c1ccccc1)(c1ccccc1)c1ccccc1. The minimum atomic E-state index is -2.42. The summed E-state index contributed by atoms with van der Waals surface area (Å²) in [6.07, 6.45) is 13.5. The Balaban J connectivity index is 1.10. The summed E-state index contributed by atoms with van der Waals surface area (Å²) in [6, 6.07) is 59.9. The third-order valence-electron chi connectivity index (χ3n) is 17.9. The van der Waals surface area contributed by atoms with Gasteiger partial charge in [0.25, 0.3) is 0 Å². The highest BCUT2D eigenvalue weighted by Gasteiger charge is 2.63. The summed E-state index contributed by atoms with van der Waals surface area (Å²) in [6.45, 7) is 20.3. The van der Waals surface area contributed by atoms with E-state index in [1.807, 2.05) is 0 Å². The quantitative estimate of drug-likeness (QED) is 0.0706. The van der Waals surface area contributed by atoms with Crippen LogP contribution in [0.3, 0.4) is 0 Å². The van der Waals surface area contributed by atoms with Crippen molar-refractivity contribution < 1.29 is 0 Å². The van der Waals surface area contributed by atoms with Gasteiger partial charge in [-0.2, -0.15) is 0 Å². The van der Waals surface area contributed by atoms with Gasteiger partial charge in [0, 0.05) is 5.41 Å². The van der Waals surface area contributed by atoms with Crippen LogP contribution in [0.15, 0.2) is 164 Å². The molecule has 5 aromatic carbocycles. The molecular formula is C61H76Si. The first kappa shape index (κ1) is 43.3. The van der Waals surface area contributed by atoms with Crippen LogP contribution in [0.4, 0.5) is 0 Å². The highest BCUT2D eigenvalue weighted by Crippen LogP contribution is 2.69. The van der Waals surface area contributed by atoms with E-state index in [1.54, 1.807) is 11.1 Å². The molecule has 4 saturated carbocycles. The first-order valence-electron chi connectivity index (χ1n) is 24.8. The minimum Gasteiger partial charge on any atom is -0.100 e. The number of fused-ring (bicyclic) bond motifs is 3. The Morgan fingerprint density at radius 3 is 1.21 bits per heavy atom. The summed E-state index contributed by atoms with van der Waals surface area (Å²) >= 11 is 0. The molecule has 0 spiro atoms. The molecule has 0 bridgehead atoms. The Labute approximate surface area is 378 Å². The third-order valence-corrected chi connectivity index (χ3v) is 22.9. The smallest absolute Gasteiger partial charge is 0.100 e. The van der Waals surface area contributed by atoms with Gasteiger partial charge in [-0.1, -0.05) is 199 Å².